The fourth-order valence-electron chi connectivity index (χ4n) is 2.16. The molecule has 0 bridgehead atoms. The van der Waals surface area contributed by atoms with Crippen molar-refractivity contribution in [3.8, 4) is 0 Å². The topological polar surface area (TPSA) is 50.7 Å². The van der Waals surface area contributed by atoms with Crippen molar-refractivity contribution >= 4 is 10.9 Å². The lowest BCUT2D eigenvalue weighted by atomic mass is 10.1. The van der Waals surface area contributed by atoms with E-state index in [1.807, 2.05) is 29.8 Å². The molecule has 2 heterocycles. The quantitative estimate of drug-likeness (QED) is 0.744. The zero-order chi connectivity index (χ0) is 12.5. The fraction of sp³-hybridized carbons (Fsp3) is 0.143. The minimum Gasteiger partial charge on any atom is -0.333 e. The largest absolute Gasteiger partial charge is 0.333 e. The molecule has 0 amide bonds. The second kappa shape index (κ2) is 4.14. The highest BCUT2D eigenvalue weighted by atomic mass is 16.1. The zero-order valence-corrected chi connectivity index (χ0v) is 10.1. The molecule has 90 valence electrons. The Kier molecular flexibility index (Phi) is 2.48. The smallest absolute Gasteiger partial charge is 0.248 e. The summed E-state index contributed by atoms with van der Waals surface area (Å²) in [4.78, 5) is 18.2. The number of benzene rings is 1. The normalized spacial score (nSPS) is 10.9. The van der Waals surface area contributed by atoms with Gasteiger partial charge in [0.2, 0.25) is 5.56 Å². The van der Waals surface area contributed by atoms with Gasteiger partial charge in [-0.2, -0.15) is 0 Å². The summed E-state index contributed by atoms with van der Waals surface area (Å²) in [6.45, 7) is 2.74. The molecule has 0 atom stereocenters. The average Bonchev–Trinajstić information content (AvgIpc) is 2.83. The van der Waals surface area contributed by atoms with Crippen LogP contribution in [0.2, 0.25) is 0 Å². The van der Waals surface area contributed by atoms with E-state index >= 15 is 0 Å². The van der Waals surface area contributed by atoms with Gasteiger partial charge in [0.25, 0.3) is 0 Å². The van der Waals surface area contributed by atoms with Gasteiger partial charge in [-0.1, -0.05) is 6.07 Å². The van der Waals surface area contributed by atoms with E-state index in [1.54, 1.807) is 18.6 Å². The molecule has 4 heteroatoms. The molecule has 1 N–H and O–H groups in total. The predicted molar refractivity (Wildman–Crippen MR) is 70.6 cm³/mol. The van der Waals surface area contributed by atoms with Gasteiger partial charge in [0, 0.05) is 35.9 Å². The number of nitrogens with one attached hydrogen (secondary N) is 1. The first-order chi connectivity index (χ1) is 8.72. The van der Waals surface area contributed by atoms with Crippen molar-refractivity contribution in [3.63, 3.8) is 0 Å². The van der Waals surface area contributed by atoms with Gasteiger partial charge >= 0.3 is 0 Å². The number of nitrogens with zero attached hydrogens (tertiary/aromatic N) is 2. The summed E-state index contributed by atoms with van der Waals surface area (Å²) in [6.07, 6.45) is 5.50. The predicted octanol–water partition coefficient (Wildman–Crippen LogP) is 2.08. The third-order valence-corrected chi connectivity index (χ3v) is 3.04. The standard InChI is InChI=1S/C14H13N3O/c1-10-6-14(18)16-13-3-2-11(7-12(10)13)8-17-5-4-15-9-17/h2-7,9H,8H2,1H3,(H,16,18). The van der Waals surface area contributed by atoms with Gasteiger partial charge < -0.3 is 9.55 Å². The molecule has 1 aromatic carbocycles. The number of pyridine rings is 1. The van der Waals surface area contributed by atoms with E-state index in [1.165, 1.54) is 5.56 Å². The summed E-state index contributed by atoms with van der Waals surface area (Å²) >= 11 is 0. The number of aromatic nitrogens is 3. The van der Waals surface area contributed by atoms with Crippen molar-refractivity contribution < 1.29 is 0 Å². The van der Waals surface area contributed by atoms with Gasteiger partial charge in [-0.25, -0.2) is 4.98 Å². The van der Waals surface area contributed by atoms with Crippen LogP contribution in [0.1, 0.15) is 11.1 Å². The molecule has 0 radical (unpaired) electrons. The average molecular weight is 239 g/mol. The number of fused-ring (bicyclic) bond motifs is 1. The van der Waals surface area contributed by atoms with Crippen molar-refractivity contribution in [3.05, 3.63) is 64.5 Å². The van der Waals surface area contributed by atoms with Crippen LogP contribution in [0.15, 0.2) is 47.8 Å². The second-order valence-corrected chi connectivity index (χ2v) is 4.43. The number of imidazole rings is 1. The maximum atomic E-state index is 11.4. The van der Waals surface area contributed by atoms with E-state index in [-0.39, 0.29) is 5.56 Å². The number of rotatable bonds is 2. The van der Waals surface area contributed by atoms with Crippen LogP contribution >= 0.6 is 0 Å². The third kappa shape index (κ3) is 1.93. The highest BCUT2D eigenvalue weighted by Gasteiger charge is 2.02. The molecule has 3 aromatic rings. The summed E-state index contributed by atoms with van der Waals surface area (Å²) in [7, 11) is 0. The minimum absolute atomic E-state index is 0.0534. The fourth-order valence-corrected chi connectivity index (χ4v) is 2.16. The molecule has 0 unspecified atom stereocenters. The van der Waals surface area contributed by atoms with Crippen LogP contribution in [0.3, 0.4) is 0 Å². The number of aryl methyl sites for hydroxylation is 1. The Hall–Kier alpha value is -2.36. The Morgan fingerprint density at radius 1 is 1.33 bits per heavy atom. The van der Waals surface area contributed by atoms with Crippen LogP contribution in [-0.4, -0.2) is 14.5 Å². The maximum Gasteiger partial charge on any atom is 0.248 e. The Morgan fingerprint density at radius 3 is 3.00 bits per heavy atom. The molecule has 4 nitrogen and oxygen atoms in total. The van der Waals surface area contributed by atoms with Crippen molar-refractivity contribution in [2.24, 2.45) is 0 Å². The second-order valence-electron chi connectivity index (χ2n) is 4.43. The first kappa shape index (κ1) is 10.8. The lowest BCUT2D eigenvalue weighted by Crippen LogP contribution is -2.05. The first-order valence-electron chi connectivity index (χ1n) is 5.81. The molecular weight excluding hydrogens is 226 g/mol. The van der Waals surface area contributed by atoms with Gasteiger partial charge in [0.1, 0.15) is 0 Å². The summed E-state index contributed by atoms with van der Waals surface area (Å²) in [6, 6.07) is 7.72. The number of hydrogen-bond donors (Lipinski definition) is 1. The van der Waals surface area contributed by atoms with E-state index in [0.717, 1.165) is 23.0 Å². The highest BCUT2D eigenvalue weighted by Crippen LogP contribution is 2.17. The molecule has 0 saturated carbocycles. The van der Waals surface area contributed by atoms with Gasteiger partial charge in [0.05, 0.1) is 6.33 Å². The number of aromatic amines is 1. The molecule has 0 aliphatic carbocycles. The Labute approximate surface area is 104 Å². The molecule has 0 spiro atoms. The summed E-state index contributed by atoms with van der Waals surface area (Å²) in [5.74, 6) is 0. The van der Waals surface area contributed by atoms with Crippen molar-refractivity contribution in [1.29, 1.82) is 0 Å². The van der Waals surface area contributed by atoms with E-state index in [2.05, 4.69) is 16.0 Å². The molecular formula is C14H13N3O. The van der Waals surface area contributed by atoms with Crippen molar-refractivity contribution in [2.45, 2.75) is 13.5 Å². The van der Waals surface area contributed by atoms with Crippen LogP contribution in [-0.2, 0) is 6.54 Å². The molecule has 0 saturated heterocycles. The number of H-pyrrole nitrogens is 1. The Balaban J connectivity index is 2.08. The molecule has 18 heavy (non-hydrogen) atoms. The maximum absolute atomic E-state index is 11.4. The van der Waals surface area contributed by atoms with Crippen LogP contribution in [0.4, 0.5) is 0 Å². The van der Waals surface area contributed by atoms with E-state index in [4.69, 9.17) is 0 Å². The zero-order valence-electron chi connectivity index (χ0n) is 10.1. The van der Waals surface area contributed by atoms with Crippen LogP contribution in [0.25, 0.3) is 10.9 Å². The lowest BCUT2D eigenvalue weighted by Gasteiger charge is -2.06. The number of hydrogen-bond acceptors (Lipinski definition) is 2. The summed E-state index contributed by atoms with van der Waals surface area (Å²) in [5.41, 5.74) is 3.02. The molecule has 0 fully saturated rings. The third-order valence-electron chi connectivity index (χ3n) is 3.04. The molecule has 0 aliphatic heterocycles. The van der Waals surface area contributed by atoms with E-state index in [9.17, 15) is 4.79 Å². The van der Waals surface area contributed by atoms with Crippen molar-refractivity contribution in [1.82, 2.24) is 14.5 Å². The van der Waals surface area contributed by atoms with Gasteiger partial charge in [-0.3, -0.25) is 4.79 Å². The highest BCUT2D eigenvalue weighted by molar-refractivity contribution is 5.82. The van der Waals surface area contributed by atoms with Gasteiger partial charge in [-0.05, 0) is 30.2 Å². The monoisotopic (exact) mass is 239 g/mol. The molecule has 2 aromatic heterocycles. The van der Waals surface area contributed by atoms with Crippen LogP contribution in [0.5, 0.6) is 0 Å². The SMILES string of the molecule is Cc1cc(=O)[nH]c2ccc(Cn3ccnc3)cc12. The van der Waals surface area contributed by atoms with Gasteiger partial charge in [0.15, 0.2) is 0 Å². The Morgan fingerprint density at radius 2 is 2.22 bits per heavy atom. The lowest BCUT2D eigenvalue weighted by molar-refractivity contribution is 0.798. The minimum atomic E-state index is -0.0534. The molecule has 3 rings (SSSR count). The summed E-state index contributed by atoms with van der Waals surface area (Å²) in [5, 5.41) is 1.09. The molecule has 0 aliphatic rings. The van der Waals surface area contributed by atoms with E-state index in [0.29, 0.717) is 0 Å². The summed E-state index contributed by atoms with van der Waals surface area (Å²) < 4.78 is 2.02. The van der Waals surface area contributed by atoms with Crippen LogP contribution in [0, 0.1) is 6.92 Å². The van der Waals surface area contributed by atoms with Gasteiger partial charge in [-0.15, -0.1) is 0 Å². The van der Waals surface area contributed by atoms with Crippen molar-refractivity contribution in [2.75, 3.05) is 0 Å². The van der Waals surface area contributed by atoms with E-state index < -0.39 is 0 Å². The Bertz CT molecular complexity index is 741. The van der Waals surface area contributed by atoms with Crippen LogP contribution < -0.4 is 5.56 Å². The first-order valence-corrected chi connectivity index (χ1v) is 5.81.